The van der Waals surface area contributed by atoms with Crippen LogP contribution in [0.1, 0.15) is 30.0 Å². The lowest BCUT2D eigenvalue weighted by Gasteiger charge is -2.18. The minimum absolute atomic E-state index is 0.0509. The molecule has 1 saturated heterocycles. The zero-order valence-electron chi connectivity index (χ0n) is 9.72. The molecule has 0 aliphatic carbocycles. The fourth-order valence-corrected chi connectivity index (χ4v) is 4.10. The maximum absolute atomic E-state index is 12.4. The van der Waals surface area contributed by atoms with Crippen LogP contribution in [0.25, 0.3) is 0 Å². The van der Waals surface area contributed by atoms with Gasteiger partial charge < -0.3 is 5.73 Å². The molecular weight excluding hydrogens is 260 g/mol. The number of benzene rings is 1. The highest BCUT2D eigenvalue weighted by atomic mass is 32.2. The van der Waals surface area contributed by atoms with Crippen molar-refractivity contribution in [2.45, 2.75) is 18.9 Å². The van der Waals surface area contributed by atoms with Gasteiger partial charge in [-0.15, -0.1) is 0 Å². The first kappa shape index (κ1) is 13.4. The van der Waals surface area contributed by atoms with Crippen LogP contribution in [0.2, 0.25) is 0 Å². The third kappa shape index (κ3) is 2.87. The Labute approximate surface area is 105 Å². The van der Waals surface area contributed by atoms with Gasteiger partial charge in [0.15, 0.2) is 9.84 Å². The first-order chi connectivity index (χ1) is 8.39. The molecule has 2 N–H and O–H groups in total. The molecule has 1 fully saturated rings. The molecule has 0 aromatic heterocycles. The third-order valence-electron chi connectivity index (χ3n) is 3.35. The van der Waals surface area contributed by atoms with E-state index in [-0.39, 0.29) is 23.0 Å². The maximum Gasteiger partial charge on any atom is 0.263 e. The summed E-state index contributed by atoms with van der Waals surface area (Å²) in [6.07, 6.45) is -1.96. The van der Waals surface area contributed by atoms with Crippen molar-refractivity contribution in [3.8, 4) is 0 Å². The highest BCUT2D eigenvalue weighted by Gasteiger charge is 2.32. The van der Waals surface area contributed by atoms with Gasteiger partial charge >= 0.3 is 0 Å². The average Bonchev–Trinajstić information content (AvgIpc) is 2.69. The molecule has 0 radical (unpaired) electrons. The molecule has 2 rings (SSSR count). The van der Waals surface area contributed by atoms with Crippen LogP contribution in [0.3, 0.4) is 0 Å². The zero-order valence-corrected chi connectivity index (χ0v) is 10.5. The Bertz CT molecular complexity index is 513. The van der Waals surface area contributed by atoms with Crippen LogP contribution < -0.4 is 5.73 Å². The molecule has 2 atom stereocenters. The summed E-state index contributed by atoms with van der Waals surface area (Å²) in [5, 5.41) is 0. The predicted molar refractivity (Wildman–Crippen MR) is 65.1 cm³/mol. The SMILES string of the molecule is NC(c1ccc(C(F)F)cc1)C1CCS(=O)(=O)C1. The fourth-order valence-electron chi connectivity index (χ4n) is 2.24. The van der Waals surface area contributed by atoms with Gasteiger partial charge in [0, 0.05) is 11.6 Å². The molecule has 2 unspecified atom stereocenters. The van der Waals surface area contributed by atoms with Crippen LogP contribution in [-0.4, -0.2) is 19.9 Å². The van der Waals surface area contributed by atoms with Crippen molar-refractivity contribution < 1.29 is 17.2 Å². The lowest BCUT2D eigenvalue weighted by Crippen LogP contribution is -2.22. The molecular formula is C12H15F2NO2S. The largest absolute Gasteiger partial charge is 0.324 e. The van der Waals surface area contributed by atoms with E-state index in [2.05, 4.69) is 0 Å². The number of rotatable bonds is 3. The van der Waals surface area contributed by atoms with E-state index in [9.17, 15) is 17.2 Å². The van der Waals surface area contributed by atoms with Crippen LogP contribution in [0.4, 0.5) is 8.78 Å². The van der Waals surface area contributed by atoms with Crippen LogP contribution >= 0.6 is 0 Å². The Balaban J connectivity index is 2.12. The minimum atomic E-state index is -2.97. The van der Waals surface area contributed by atoms with E-state index in [1.165, 1.54) is 12.1 Å². The molecule has 0 saturated carbocycles. The van der Waals surface area contributed by atoms with Crippen molar-refractivity contribution in [1.82, 2.24) is 0 Å². The lowest BCUT2D eigenvalue weighted by molar-refractivity contribution is 0.151. The number of sulfone groups is 1. The summed E-state index contributed by atoms with van der Waals surface area (Å²) in [6, 6.07) is 5.37. The summed E-state index contributed by atoms with van der Waals surface area (Å²) in [7, 11) is -2.97. The Morgan fingerprint density at radius 3 is 2.17 bits per heavy atom. The van der Waals surface area contributed by atoms with Gasteiger partial charge in [0.2, 0.25) is 0 Å². The smallest absolute Gasteiger partial charge is 0.263 e. The molecule has 1 heterocycles. The van der Waals surface area contributed by atoms with Crippen LogP contribution in [0.5, 0.6) is 0 Å². The van der Waals surface area contributed by atoms with E-state index in [4.69, 9.17) is 5.73 Å². The van der Waals surface area contributed by atoms with Gasteiger partial charge in [0.25, 0.3) is 6.43 Å². The van der Waals surface area contributed by atoms with Gasteiger partial charge in [0.05, 0.1) is 11.5 Å². The quantitative estimate of drug-likeness (QED) is 0.918. The van der Waals surface area contributed by atoms with Crippen molar-refractivity contribution >= 4 is 9.84 Å². The first-order valence-corrected chi connectivity index (χ1v) is 7.55. The van der Waals surface area contributed by atoms with E-state index < -0.39 is 22.3 Å². The van der Waals surface area contributed by atoms with E-state index in [0.717, 1.165) is 0 Å². The van der Waals surface area contributed by atoms with Gasteiger partial charge in [-0.05, 0) is 17.9 Å². The van der Waals surface area contributed by atoms with Gasteiger partial charge in [-0.3, -0.25) is 0 Å². The van der Waals surface area contributed by atoms with Gasteiger partial charge in [-0.1, -0.05) is 24.3 Å². The Kier molecular flexibility index (Phi) is 3.68. The normalized spacial score (nSPS) is 24.3. The number of hydrogen-bond donors (Lipinski definition) is 1. The molecule has 1 aliphatic heterocycles. The van der Waals surface area contributed by atoms with Gasteiger partial charge in [-0.25, -0.2) is 17.2 Å². The van der Waals surface area contributed by atoms with Crippen molar-refractivity contribution in [3.05, 3.63) is 35.4 Å². The van der Waals surface area contributed by atoms with E-state index >= 15 is 0 Å². The Morgan fingerprint density at radius 1 is 1.17 bits per heavy atom. The summed E-state index contributed by atoms with van der Waals surface area (Å²) in [6.45, 7) is 0. The second kappa shape index (κ2) is 4.93. The summed E-state index contributed by atoms with van der Waals surface area (Å²) in [5.74, 6) is 0.137. The minimum Gasteiger partial charge on any atom is -0.324 e. The van der Waals surface area contributed by atoms with Crippen LogP contribution in [0, 0.1) is 5.92 Å². The molecule has 6 heteroatoms. The monoisotopic (exact) mass is 275 g/mol. The standard InChI is InChI=1S/C12H15F2NO2S/c13-12(14)9-3-1-8(2-4-9)11(15)10-5-6-18(16,17)7-10/h1-4,10-12H,5-7,15H2. The highest BCUT2D eigenvalue weighted by molar-refractivity contribution is 7.91. The summed E-state index contributed by atoms with van der Waals surface area (Å²) < 4.78 is 47.5. The van der Waals surface area contributed by atoms with Crippen LogP contribution in [0.15, 0.2) is 24.3 Å². The van der Waals surface area contributed by atoms with Crippen molar-refractivity contribution in [2.24, 2.45) is 11.7 Å². The second-order valence-electron chi connectivity index (χ2n) is 4.66. The summed E-state index contributed by atoms with van der Waals surface area (Å²) in [5.41, 5.74) is 6.65. The number of alkyl halides is 2. The second-order valence-corrected chi connectivity index (χ2v) is 6.88. The highest BCUT2D eigenvalue weighted by Crippen LogP contribution is 2.30. The summed E-state index contributed by atoms with van der Waals surface area (Å²) >= 11 is 0. The van der Waals surface area contributed by atoms with E-state index in [0.29, 0.717) is 12.0 Å². The summed E-state index contributed by atoms with van der Waals surface area (Å²) in [4.78, 5) is 0. The molecule has 3 nitrogen and oxygen atoms in total. The molecule has 0 amide bonds. The molecule has 1 aliphatic rings. The topological polar surface area (TPSA) is 60.2 Å². The maximum atomic E-state index is 12.4. The molecule has 1 aromatic carbocycles. The Hall–Kier alpha value is -1.01. The van der Waals surface area contributed by atoms with Gasteiger partial charge in [0.1, 0.15) is 0 Å². The van der Waals surface area contributed by atoms with Crippen molar-refractivity contribution in [1.29, 1.82) is 0 Å². The lowest BCUT2D eigenvalue weighted by atomic mass is 9.93. The predicted octanol–water partition coefficient (Wildman–Crippen LogP) is 2.06. The third-order valence-corrected chi connectivity index (χ3v) is 5.14. The van der Waals surface area contributed by atoms with E-state index in [1.807, 2.05) is 0 Å². The van der Waals surface area contributed by atoms with Gasteiger partial charge in [-0.2, -0.15) is 0 Å². The molecule has 1 aromatic rings. The number of halogens is 2. The van der Waals surface area contributed by atoms with Crippen molar-refractivity contribution in [2.75, 3.05) is 11.5 Å². The molecule has 0 spiro atoms. The molecule has 100 valence electrons. The molecule has 18 heavy (non-hydrogen) atoms. The van der Waals surface area contributed by atoms with Crippen LogP contribution in [-0.2, 0) is 9.84 Å². The fraction of sp³-hybridized carbons (Fsp3) is 0.500. The van der Waals surface area contributed by atoms with E-state index in [1.54, 1.807) is 12.1 Å². The molecule has 0 bridgehead atoms. The van der Waals surface area contributed by atoms with Crippen molar-refractivity contribution in [3.63, 3.8) is 0 Å². The number of nitrogens with two attached hydrogens (primary N) is 1. The average molecular weight is 275 g/mol. The zero-order chi connectivity index (χ0) is 13.3. The number of hydrogen-bond acceptors (Lipinski definition) is 3. The Morgan fingerprint density at radius 2 is 1.72 bits per heavy atom. The first-order valence-electron chi connectivity index (χ1n) is 5.73.